The molecule has 0 bridgehead atoms. The Morgan fingerprint density at radius 3 is 2.82 bits per heavy atom. The van der Waals surface area contributed by atoms with Crippen molar-refractivity contribution in [1.82, 2.24) is 5.32 Å². The molecule has 1 unspecified atom stereocenters. The number of ether oxygens (including phenoxy) is 1. The van der Waals surface area contributed by atoms with Crippen molar-refractivity contribution in [2.24, 2.45) is 5.73 Å². The molecule has 1 aromatic rings. The van der Waals surface area contributed by atoms with Crippen molar-refractivity contribution in [3.8, 4) is 5.75 Å². The second-order valence-electron chi connectivity index (χ2n) is 3.60. The molecule has 0 aliphatic heterocycles. The molecule has 0 fully saturated rings. The van der Waals surface area contributed by atoms with Crippen molar-refractivity contribution in [1.29, 1.82) is 0 Å². The molecule has 0 aliphatic carbocycles. The number of nitrogens with two attached hydrogens (primary N) is 1. The molecule has 0 saturated heterocycles. The molecule has 1 atom stereocenters. The van der Waals surface area contributed by atoms with Crippen LogP contribution in [0.4, 0.5) is 0 Å². The molecular weight excluding hydrogens is 240 g/mol. The maximum absolute atomic E-state index is 11.2. The van der Waals surface area contributed by atoms with Gasteiger partial charge in [-0.15, -0.1) is 12.4 Å². The Balaban J connectivity index is 0.00000256. The van der Waals surface area contributed by atoms with Crippen LogP contribution in [0, 0.1) is 0 Å². The van der Waals surface area contributed by atoms with Gasteiger partial charge in [0.05, 0.1) is 0 Å². The Bertz CT molecular complexity index is 356. The zero-order valence-electron chi connectivity index (χ0n) is 10.1. The summed E-state index contributed by atoms with van der Waals surface area (Å²) in [5.41, 5.74) is 6.75. The highest BCUT2D eigenvalue weighted by Crippen LogP contribution is 2.17. The van der Waals surface area contributed by atoms with Gasteiger partial charge in [-0.3, -0.25) is 4.79 Å². The minimum atomic E-state index is -0.117. The van der Waals surface area contributed by atoms with E-state index in [1.54, 1.807) is 0 Å². The maximum atomic E-state index is 11.2. The van der Waals surface area contributed by atoms with Gasteiger partial charge in [0, 0.05) is 12.6 Å². The molecule has 5 heteroatoms. The number of hydrogen-bond acceptors (Lipinski definition) is 3. The summed E-state index contributed by atoms with van der Waals surface area (Å²) in [6.07, 6.45) is 0. The SMILES string of the molecule is CCNC(=O)COc1cccc(C(C)N)c1.Cl. The third kappa shape index (κ3) is 5.56. The Morgan fingerprint density at radius 2 is 2.24 bits per heavy atom. The Morgan fingerprint density at radius 1 is 1.53 bits per heavy atom. The normalized spacial score (nSPS) is 11.2. The van der Waals surface area contributed by atoms with E-state index in [4.69, 9.17) is 10.5 Å². The average Bonchev–Trinajstić information content (AvgIpc) is 2.27. The minimum absolute atomic E-state index is 0. The Hall–Kier alpha value is -1.26. The first-order chi connectivity index (χ1) is 7.63. The van der Waals surface area contributed by atoms with Gasteiger partial charge in [-0.05, 0) is 31.5 Å². The highest BCUT2D eigenvalue weighted by Gasteiger charge is 2.03. The number of carbonyl (C=O) groups is 1. The predicted molar refractivity (Wildman–Crippen MR) is 70.5 cm³/mol. The second-order valence-corrected chi connectivity index (χ2v) is 3.60. The van der Waals surface area contributed by atoms with Crippen molar-refractivity contribution in [3.63, 3.8) is 0 Å². The molecule has 0 spiro atoms. The molecular formula is C12H19ClN2O2. The third-order valence-electron chi connectivity index (χ3n) is 2.13. The number of hydrogen-bond donors (Lipinski definition) is 2. The van der Waals surface area contributed by atoms with Gasteiger partial charge in [0.15, 0.2) is 6.61 Å². The van der Waals surface area contributed by atoms with E-state index in [0.717, 1.165) is 5.56 Å². The molecule has 96 valence electrons. The highest BCUT2D eigenvalue weighted by molar-refractivity contribution is 5.85. The number of amides is 1. The van der Waals surface area contributed by atoms with Gasteiger partial charge in [0.25, 0.3) is 5.91 Å². The van der Waals surface area contributed by atoms with Crippen molar-refractivity contribution >= 4 is 18.3 Å². The molecule has 3 N–H and O–H groups in total. The summed E-state index contributed by atoms with van der Waals surface area (Å²) in [7, 11) is 0. The molecule has 0 aromatic heterocycles. The number of nitrogens with one attached hydrogen (secondary N) is 1. The summed E-state index contributed by atoms with van der Waals surface area (Å²) in [6, 6.07) is 7.43. The molecule has 4 nitrogen and oxygen atoms in total. The monoisotopic (exact) mass is 258 g/mol. The van der Waals surface area contributed by atoms with Crippen LogP contribution in [0.3, 0.4) is 0 Å². The van der Waals surface area contributed by atoms with E-state index in [1.165, 1.54) is 0 Å². The molecule has 0 saturated carbocycles. The fourth-order valence-corrected chi connectivity index (χ4v) is 1.28. The number of benzene rings is 1. The molecule has 1 aromatic carbocycles. The fourth-order valence-electron chi connectivity index (χ4n) is 1.28. The standard InChI is InChI=1S/C12H18N2O2.ClH/c1-3-14-12(15)8-16-11-6-4-5-10(7-11)9(2)13;/h4-7,9H,3,8,13H2,1-2H3,(H,14,15);1H. The van der Waals surface area contributed by atoms with E-state index in [0.29, 0.717) is 12.3 Å². The number of likely N-dealkylation sites (N-methyl/N-ethyl adjacent to an activating group) is 1. The van der Waals surface area contributed by atoms with E-state index in [-0.39, 0.29) is 31.0 Å². The van der Waals surface area contributed by atoms with E-state index in [1.807, 2.05) is 38.1 Å². The van der Waals surface area contributed by atoms with Crippen molar-refractivity contribution < 1.29 is 9.53 Å². The molecule has 0 aliphatic rings. The van der Waals surface area contributed by atoms with Crippen LogP contribution in [0.2, 0.25) is 0 Å². The van der Waals surface area contributed by atoms with E-state index >= 15 is 0 Å². The lowest BCUT2D eigenvalue weighted by Crippen LogP contribution is -2.28. The maximum Gasteiger partial charge on any atom is 0.257 e. The molecule has 1 amide bonds. The Labute approximate surface area is 108 Å². The summed E-state index contributed by atoms with van der Waals surface area (Å²) in [5.74, 6) is 0.551. The lowest BCUT2D eigenvalue weighted by molar-refractivity contribution is -0.122. The summed E-state index contributed by atoms with van der Waals surface area (Å²) in [5, 5.41) is 2.66. The lowest BCUT2D eigenvalue weighted by atomic mass is 10.1. The van der Waals surface area contributed by atoms with Gasteiger partial charge in [0.1, 0.15) is 5.75 Å². The first-order valence-electron chi connectivity index (χ1n) is 5.38. The van der Waals surface area contributed by atoms with Crippen LogP contribution in [0.15, 0.2) is 24.3 Å². The van der Waals surface area contributed by atoms with E-state index in [2.05, 4.69) is 5.32 Å². The van der Waals surface area contributed by atoms with Crippen molar-refractivity contribution in [2.45, 2.75) is 19.9 Å². The van der Waals surface area contributed by atoms with Crippen LogP contribution in [-0.4, -0.2) is 19.1 Å². The van der Waals surface area contributed by atoms with Gasteiger partial charge in [-0.2, -0.15) is 0 Å². The van der Waals surface area contributed by atoms with Gasteiger partial charge >= 0.3 is 0 Å². The first-order valence-corrected chi connectivity index (χ1v) is 5.38. The average molecular weight is 259 g/mol. The van der Waals surface area contributed by atoms with Crippen LogP contribution in [-0.2, 0) is 4.79 Å². The van der Waals surface area contributed by atoms with E-state index in [9.17, 15) is 4.79 Å². The van der Waals surface area contributed by atoms with E-state index < -0.39 is 0 Å². The van der Waals surface area contributed by atoms with Gasteiger partial charge < -0.3 is 15.8 Å². The van der Waals surface area contributed by atoms with Crippen molar-refractivity contribution in [2.75, 3.05) is 13.2 Å². The predicted octanol–water partition coefficient (Wildman–Crippen LogP) is 1.64. The number of halogens is 1. The second kappa shape index (κ2) is 7.92. The summed E-state index contributed by atoms with van der Waals surface area (Å²) in [6.45, 7) is 4.43. The van der Waals surface area contributed by atoms with Crippen LogP contribution in [0.1, 0.15) is 25.5 Å². The summed E-state index contributed by atoms with van der Waals surface area (Å²) in [4.78, 5) is 11.2. The van der Waals surface area contributed by atoms with Crippen LogP contribution in [0.5, 0.6) is 5.75 Å². The third-order valence-corrected chi connectivity index (χ3v) is 2.13. The molecule has 0 radical (unpaired) electrons. The van der Waals surface area contributed by atoms with Crippen LogP contribution >= 0.6 is 12.4 Å². The topological polar surface area (TPSA) is 64.3 Å². The van der Waals surface area contributed by atoms with Crippen molar-refractivity contribution in [3.05, 3.63) is 29.8 Å². The molecule has 0 heterocycles. The molecule has 17 heavy (non-hydrogen) atoms. The number of rotatable bonds is 5. The quantitative estimate of drug-likeness (QED) is 0.844. The van der Waals surface area contributed by atoms with Crippen LogP contribution < -0.4 is 15.8 Å². The zero-order valence-corrected chi connectivity index (χ0v) is 10.9. The summed E-state index contributed by atoms with van der Waals surface area (Å²) >= 11 is 0. The minimum Gasteiger partial charge on any atom is -0.484 e. The number of carbonyl (C=O) groups excluding carboxylic acids is 1. The highest BCUT2D eigenvalue weighted by atomic mass is 35.5. The molecule has 1 rings (SSSR count). The van der Waals surface area contributed by atoms with Gasteiger partial charge in [0.2, 0.25) is 0 Å². The van der Waals surface area contributed by atoms with Gasteiger partial charge in [-0.1, -0.05) is 12.1 Å². The van der Waals surface area contributed by atoms with Crippen LogP contribution in [0.25, 0.3) is 0 Å². The Kier molecular flexibility index (Phi) is 7.34. The largest absolute Gasteiger partial charge is 0.484 e. The first kappa shape index (κ1) is 15.7. The summed E-state index contributed by atoms with van der Waals surface area (Å²) < 4.78 is 5.34. The lowest BCUT2D eigenvalue weighted by Gasteiger charge is -2.09. The van der Waals surface area contributed by atoms with Gasteiger partial charge in [-0.25, -0.2) is 0 Å². The smallest absolute Gasteiger partial charge is 0.257 e. The fraction of sp³-hybridized carbons (Fsp3) is 0.417. The zero-order chi connectivity index (χ0) is 12.0.